The average molecular weight is 398 g/mol. The van der Waals surface area contributed by atoms with Crippen LogP contribution in [0.4, 0.5) is 23.7 Å². The fraction of sp³-hybridized carbons (Fsp3) is 0.500. The Morgan fingerprint density at radius 2 is 1.64 bits per heavy atom. The number of piperazine rings is 1. The molecule has 2 fully saturated rings. The Morgan fingerprint density at radius 1 is 1.00 bits per heavy atom. The van der Waals surface area contributed by atoms with Gasteiger partial charge in [0.25, 0.3) is 0 Å². The van der Waals surface area contributed by atoms with Crippen molar-refractivity contribution in [3.8, 4) is 0 Å². The minimum Gasteiger partial charge on any atom is -0.369 e. The number of carbonyl (C=O) groups is 3. The van der Waals surface area contributed by atoms with Crippen LogP contribution in [0.15, 0.2) is 24.3 Å². The van der Waals surface area contributed by atoms with Crippen molar-refractivity contribution in [2.45, 2.75) is 26.1 Å². The van der Waals surface area contributed by atoms with Gasteiger partial charge in [0.1, 0.15) is 0 Å². The van der Waals surface area contributed by atoms with Crippen LogP contribution in [-0.2, 0) is 15.8 Å². The number of anilines is 1. The average Bonchev–Trinajstić information content (AvgIpc) is 2.85. The van der Waals surface area contributed by atoms with E-state index < -0.39 is 35.6 Å². The second-order valence-electron chi connectivity index (χ2n) is 7.08. The number of urea groups is 1. The summed E-state index contributed by atoms with van der Waals surface area (Å²) < 4.78 is 38.7. The molecule has 10 heteroatoms. The van der Waals surface area contributed by atoms with Crippen molar-refractivity contribution in [3.05, 3.63) is 29.8 Å². The molecule has 0 saturated carbocycles. The topological polar surface area (TPSA) is 64.2 Å². The molecule has 152 valence electrons. The van der Waals surface area contributed by atoms with Gasteiger partial charge in [-0.3, -0.25) is 19.4 Å². The molecule has 2 aliphatic heterocycles. The predicted octanol–water partition coefficient (Wildman–Crippen LogP) is 1.98. The van der Waals surface area contributed by atoms with E-state index in [9.17, 15) is 27.6 Å². The van der Waals surface area contributed by atoms with Crippen molar-refractivity contribution in [1.82, 2.24) is 14.7 Å². The molecule has 0 spiro atoms. The number of hydrogen-bond donors (Lipinski definition) is 0. The van der Waals surface area contributed by atoms with E-state index >= 15 is 0 Å². The second-order valence-corrected chi connectivity index (χ2v) is 7.08. The van der Waals surface area contributed by atoms with Gasteiger partial charge in [-0.2, -0.15) is 13.2 Å². The normalized spacial score (nSPS) is 19.4. The summed E-state index contributed by atoms with van der Waals surface area (Å²) >= 11 is 0. The van der Waals surface area contributed by atoms with Crippen LogP contribution in [-0.4, -0.2) is 71.4 Å². The van der Waals surface area contributed by atoms with Crippen molar-refractivity contribution in [2.75, 3.05) is 37.7 Å². The SMILES string of the molecule is CC(C)N1C(=O)C(=O)N(CN2CCN(c3cccc(C(F)(F)F)c3)CC2)C1=O. The van der Waals surface area contributed by atoms with Crippen LogP contribution < -0.4 is 4.90 Å². The summed E-state index contributed by atoms with van der Waals surface area (Å²) in [5.74, 6) is -1.68. The summed E-state index contributed by atoms with van der Waals surface area (Å²) in [4.78, 5) is 41.9. The van der Waals surface area contributed by atoms with Gasteiger partial charge in [-0.1, -0.05) is 6.07 Å². The zero-order chi connectivity index (χ0) is 20.6. The third-order valence-corrected chi connectivity index (χ3v) is 4.85. The molecule has 0 radical (unpaired) electrons. The highest BCUT2D eigenvalue weighted by Crippen LogP contribution is 2.32. The number of nitrogens with zero attached hydrogens (tertiary/aromatic N) is 4. The Morgan fingerprint density at radius 3 is 2.18 bits per heavy atom. The Balaban J connectivity index is 1.61. The number of halogens is 3. The molecule has 2 aliphatic rings. The molecule has 0 aliphatic carbocycles. The molecule has 7 nitrogen and oxygen atoms in total. The lowest BCUT2D eigenvalue weighted by molar-refractivity contribution is -0.144. The third kappa shape index (κ3) is 3.82. The van der Waals surface area contributed by atoms with Gasteiger partial charge in [0.15, 0.2) is 0 Å². The van der Waals surface area contributed by atoms with Crippen LogP contribution in [0, 0.1) is 0 Å². The molecule has 2 saturated heterocycles. The number of carbonyl (C=O) groups excluding carboxylic acids is 3. The first-order chi connectivity index (χ1) is 13.1. The van der Waals surface area contributed by atoms with Gasteiger partial charge in [-0.15, -0.1) is 0 Å². The summed E-state index contributed by atoms with van der Waals surface area (Å²) in [6.07, 6.45) is -4.40. The van der Waals surface area contributed by atoms with Gasteiger partial charge < -0.3 is 4.90 Å². The van der Waals surface area contributed by atoms with Gasteiger partial charge in [0, 0.05) is 37.9 Å². The van der Waals surface area contributed by atoms with Crippen molar-refractivity contribution in [2.24, 2.45) is 0 Å². The van der Waals surface area contributed by atoms with Gasteiger partial charge in [-0.25, -0.2) is 9.69 Å². The fourth-order valence-electron chi connectivity index (χ4n) is 3.33. The number of imide groups is 2. The van der Waals surface area contributed by atoms with Gasteiger partial charge in [0.05, 0.1) is 12.2 Å². The summed E-state index contributed by atoms with van der Waals surface area (Å²) in [5, 5.41) is 0. The number of benzene rings is 1. The van der Waals surface area contributed by atoms with Crippen LogP contribution in [0.2, 0.25) is 0 Å². The molecular formula is C18H21F3N4O3. The molecule has 2 heterocycles. The molecule has 0 atom stereocenters. The number of amides is 4. The molecule has 28 heavy (non-hydrogen) atoms. The second kappa shape index (κ2) is 7.42. The largest absolute Gasteiger partial charge is 0.416 e. The van der Waals surface area contributed by atoms with Crippen molar-refractivity contribution in [3.63, 3.8) is 0 Å². The third-order valence-electron chi connectivity index (χ3n) is 4.85. The first kappa shape index (κ1) is 20.1. The maximum Gasteiger partial charge on any atom is 0.416 e. The standard InChI is InChI=1S/C18H21F3N4O3/c1-12(2)25-16(27)15(26)24(17(25)28)11-22-6-8-23(9-7-22)14-5-3-4-13(10-14)18(19,20)21/h3-5,10,12H,6-9,11H2,1-2H3. The lowest BCUT2D eigenvalue weighted by Gasteiger charge is -2.37. The number of hydrogen-bond acceptors (Lipinski definition) is 5. The van der Waals surface area contributed by atoms with E-state index in [0.29, 0.717) is 31.9 Å². The minimum absolute atomic E-state index is 0.0109. The van der Waals surface area contributed by atoms with E-state index in [1.807, 2.05) is 9.80 Å². The van der Waals surface area contributed by atoms with Gasteiger partial charge in [0.2, 0.25) is 0 Å². The molecule has 1 aromatic rings. The van der Waals surface area contributed by atoms with Gasteiger partial charge in [-0.05, 0) is 32.0 Å². The molecule has 3 rings (SSSR count). The number of rotatable bonds is 4. The fourth-order valence-corrected chi connectivity index (χ4v) is 3.33. The molecule has 0 aromatic heterocycles. The maximum atomic E-state index is 12.9. The van der Waals surface area contributed by atoms with Crippen molar-refractivity contribution >= 4 is 23.5 Å². The first-order valence-electron chi connectivity index (χ1n) is 8.93. The molecule has 0 N–H and O–H groups in total. The zero-order valence-electron chi connectivity index (χ0n) is 15.6. The van der Waals surface area contributed by atoms with Crippen LogP contribution in [0.3, 0.4) is 0 Å². The maximum absolute atomic E-state index is 12.9. The van der Waals surface area contributed by atoms with Crippen molar-refractivity contribution in [1.29, 1.82) is 0 Å². The summed E-state index contributed by atoms with van der Waals surface area (Å²) in [7, 11) is 0. The zero-order valence-corrected chi connectivity index (χ0v) is 15.6. The summed E-state index contributed by atoms with van der Waals surface area (Å²) in [6, 6.07) is 4.09. The van der Waals surface area contributed by atoms with Crippen molar-refractivity contribution < 1.29 is 27.6 Å². The monoisotopic (exact) mass is 398 g/mol. The minimum atomic E-state index is -4.40. The molecule has 0 bridgehead atoms. The quantitative estimate of drug-likeness (QED) is 0.573. The summed E-state index contributed by atoms with van der Waals surface area (Å²) in [5.41, 5.74) is -0.225. The highest BCUT2D eigenvalue weighted by atomic mass is 19.4. The smallest absolute Gasteiger partial charge is 0.369 e. The Bertz CT molecular complexity index is 789. The van der Waals surface area contributed by atoms with Crippen LogP contribution in [0.5, 0.6) is 0 Å². The molecule has 4 amide bonds. The molecular weight excluding hydrogens is 377 g/mol. The lowest BCUT2D eigenvalue weighted by Crippen LogP contribution is -2.51. The van der Waals surface area contributed by atoms with Crippen LogP contribution in [0.25, 0.3) is 0 Å². The van der Waals surface area contributed by atoms with E-state index in [0.717, 1.165) is 21.9 Å². The Kier molecular flexibility index (Phi) is 5.33. The van der Waals surface area contributed by atoms with E-state index in [4.69, 9.17) is 0 Å². The lowest BCUT2D eigenvalue weighted by atomic mass is 10.1. The summed E-state index contributed by atoms with van der Waals surface area (Å²) in [6.45, 7) is 5.08. The molecule has 0 unspecified atom stereocenters. The highest BCUT2D eigenvalue weighted by molar-refractivity contribution is 6.44. The Labute approximate surface area is 160 Å². The van der Waals surface area contributed by atoms with E-state index in [-0.39, 0.29) is 6.67 Å². The van der Waals surface area contributed by atoms with Gasteiger partial charge >= 0.3 is 24.0 Å². The molecule has 1 aromatic carbocycles. The van der Waals surface area contributed by atoms with E-state index in [1.54, 1.807) is 19.9 Å². The van der Waals surface area contributed by atoms with Crippen LogP contribution in [0.1, 0.15) is 19.4 Å². The first-order valence-corrected chi connectivity index (χ1v) is 8.93. The highest BCUT2D eigenvalue weighted by Gasteiger charge is 2.46. The predicted molar refractivity (Wildman–Crippen MR) is 94.3 cm³/mol. The Hall–Kier alpha value is -2.62. The van der Waals surface area contributed by atoms with E-state index in [1.165, 1.54) is 6.07 Å². The van der Waals surface area contributed by atoms with Crippen LogP contribution >= 0.6 is 0 Å². The number of alkyl halides is 3. The van der Waals surface area contributed by atoms with E-state index in [2.05, 4.69) is 0 Å².